The molecule has 0 saturated heterocycles. The lowest BCUT2D eigenvalue weighted by molar-refractivity contribution is -0.147. The number of aromatic nitrogens is 2. The second-order valence-electron chi connectivity index (χ2n) is 8.42. The minimum absolute atomic E-state index is 0.0540. The number of benzene rings is 1. The minimum Gasteiger partial charge on any atom is -0.335 e. The number of nitriles is 1. The van der Waals surface area contributed by atoms with E-state index in [1.807, 2.05) is 4.57 Å². The highest BCUT2D eigenvalue weighted by Gasteiger charge is 2.39. The predicted molar refractivity (Wildman–Crippen MR) is 118 cm³/mol. The van der Waals surface area contributed by atoms with Crippen LogP contribution in [0, 0.1) is 17.1 Å². The van der Waals surface area contributed by atoms with Gasteiger partial charge in [0.1, 0.15) is 22.8 Å². The molecule has 1 fully saturated rings. The summed E-state index contributed by atoms with van der Waals surface area (Å²) in [6, 6.07) is 6.65. The first-order valence-electron chi connectivity index (χ1n) is 10.8. The largest absolute Gasteiger partial charge is 0.404 e. The van der Waals surface area contributed by atoms with Gasteiger partial charge in [0.2, 0.25) is 10.0 Å². The molecule has 1 N–H and O–H groups in total. The fourth-order valence-corrected chi connectivity index (χ4v) is 5.59. The third-order valence-electron chi connectivity index (χ3n) is 6.13. The molecule has 34 heavy (non-hydrogen) atoms. The van der Waals surface area contributed by atoms with Crippen LogP contribution in [0.25, 0.3) is 22.3 Å². The third-order valence-corrected chi connectivity index (χ3v) is 7.65. The Labute approximate surface area is 194 Å². The molecule has 1 aliphatic carbocycles. The number of hydrogen-bond acceptors (Lipinski definition) is 4. The summed E-state index contributed by atoms with van der Waals surface area (Å²) in [5.74, 6) is -0.490. The van der Waals surface area contributed by atoms with E-state index >= 15 is 0 Å². The van der Waals surface area contributed by atoms with Gasteiger partial charge in [-0.05, 0) is 50.1 Å². The summed E-state index contributed by atoms with van der Waals surface area (Å²) < 4.78 is 80.8. The molecule has 1 unspecified atom stereocenters. The zero-order chi connectivity index (χ0) is 24.7. The molecule has 180 valence electrons. The van der Waals surface area contributed by atoms with Crippen molar-refractivity contribution >= 4 is 20.9 Å². The molecule has 1 aromatic carbocycles. The number of fused-ring (bicyclic) bond motifs is 1. The third kappa shape index (κ3) is 4.52. The van der Waals surface area contributed by atoms with Crippen LogP contribution in [0.15, 0.2) is 41.4 Å². The zero-order valence-corrected chi connectivity index (χ0v) is 19.0. The van der Waals surface area contributed by atoms with Gasteiger partial charge in [-0.1, -0.05) is 19.3 Å². The second-order valence-corrected chi connectivity index (χ2v) is 10.1. The molecule has 2 aromatic heterocycles. The van der Waals surface area contributed by atoms with E-state index in [0.717, 1.165) is 44.4 Å². The molecule has 0 spiro atoms. The van der Waals surface area contributed by atoms with Gasteiger partial charge in [0.05, 0.1) is 22.5 Å². The standard InChI is InChI=1S/C23H22F4N4O2S/c1-14(23(25,26)27)30-34(32,33)17-8-9-20(29-13-17)22-19(12-28)18-11-15(24)7-10-21(18)31(22)16-5-3-2-4-6-16/h7-11,13-14,16,30H,2-6H2,1H3. The Morgan fingerprint density at radius 2 is 1.88 bits per heavy atom. The number of rotatable bonds is 5. The monoisotopic (exact) mass is 494 g/mol. The molecule has 1 atom stereocenters. The van der Waals surface area contributed by atoms with Crippen LogP contribution in [-0.2, 0) is 10.0 Å². The van der Waals surface area contributed by atoms with Crippen LogP contribution < -0.4 is 4.72 Å². The van der Waals surface area contributed by atoms with Crippen LogP contribution in [0.1, 0.15) is 50.6 Å². The second kappa shape index (κ2) is 9.00. The Hall–Kier alpha value is -2.97. The molecule has 0 aliphatic heterocycles. The van der Waals surface area contributed by atoms with Crippen molar-refractivity contribution in [1.29, 1.82) is 5.26 Å². The topological polar surface area (TPSA) is 87.8 Å². The molecule has 0 amide bonds. The first-order chi connectivity index (χ1) is 16.0. The first kappa shape index (κ1) is 24.2. The van der Waals surface area contributed by atoms with Crippen LogP contribution in [0.2, 0.25) is 0 Å². The number of nitrogens with zero attached hydrogens (tertiary/aromatic N) is 3. The summed E-state index contributed by atoms with van der Waals surface area (Å²) in [5, 5.41) is 10.3. The molecule has 4 rings (SSSR count). The number of hydrogen-bond donors (Lipinski definition) is 1. The quantitative estimate of drug-likeness (QED) is 0.478. The molecule has 6 nitrogen and oxygen atoms in total. The van der Waals surface area contributed by atoms with Gasteiger partial charge >= 0.3 is 6.18 Å². The van der Waals surface area contributed by atoms with Gasteiger partial charge in [-0.25, -0.2) is 12.8 Å². The van der Waals surface area contributed by atoms with E-state index in [2.05, 4.69) is 11.1 Å². The van der Waals surface area contributed by atoms with Crippen LogP contribution in [0.4, 0.5) is 17.6 Å². The van der Waals surface area contributed by atoms with Crippen molar-refractivity contribution in [3.63, 3.8) is 0 Å². The molecule has 11 heteroatoms. The fraction of sp³-hybridized carbons (Fsp3) is 0.391. The summed E-state index contributed by atoms with van der Waals surface area (Å²) in [5.41, 5.74) is 1.61. The Balaban J connectivity index is 1.82. The van der Waals surface area contributed by atoms with Crippen molar-refractivity contribution in [3.8, 4) is 17.5 Å². The summed E-state index contributed by atoms with van der Waals surface area (Å²) in [6.07, 6.45) is 1.05. The van der Waals surface area contributed by atoms with Crippen LogP contribution >= 0.6 is 0 Å². The highest BCUT2D eigenvalue weighted by molar-refractivity contribution is 7.89. The summed E-state index contributed by atoms with van der Waals surface area (Å²) in [7, 11) is -4.47. The summed E-state index contributed by atoms with van der Waals surface area (Å²) >= 11 is 0. The van der Waals surface area contributed by atoms with E-state index in [9.17, 15) is 31.2 Å². The highest BCUT2D eigenvalue weighted by Crippen LogP contribution is 2.40. The van der Waals surface area contributed by atoms with Gasteiger partial charge in [-0.15, -0.1) is 0 Å². The SMILES string of the molecule is CC(NS(=O)(=O)c1ccc(-c2c(C#N)c3cc(F)ccc3n2C2CCCCC2)nc1)C(F)(F)F. The van der Waals surface area contributed by atoms with Crippen molar-refractivity contribution in [1.82, 2.24) is 14.3 Å². The van der Waals surface area contributed by atoms with Crippen LogP contribution in [0.5, 0.6) is 0 Å². The maximum Gasteiger partial charge on any atom is 0.404 e. The first-order valence-corrected chi connectivity index (χ1v) is 12.3. The van der Waals surface area contributed by atoms with E-state index in [1.54, 1.807) is 10.8 Å². The number of alkyl halides is 3. The minimum atomic E-state index is -4.74. The molecule has 0 radical (unpaired) electrons. The van der Waals surface area contributed by atoms with E-state index < -0.39 is 33.0 Å². The Bertz CT molecular complexity index is 1350. The predicted octanol–water partition coefficient (Wildman–Crippen LogP) is 5.45. The van der Waals surface area contributed by atoms with Gasteiger partial charge < -0.3 is 4.57 Å². The van der Waals surface area contributed by atoms with E-state index in [-0.39, 0.29) is 17.3 Å². The maximum atomic E-state index is 14.0. The van der Waals surface area contributed by atoms with Crippen molar-refractivity contribution in [2.24, 2.45) is 0 Å². The van der Waals surface area contributed by atoms with Crippen molar-refractivity contribution in [3.05, 3.63) is 47.9 Å². The highest BCUT2D eigenvalue weighted by atomic mass is 32.2. The van der Waals surface area contributed by atoms with Crippen LogP contribution in [-0.4, -0.2) is 30.2 Å². The fourth-order valence-electron chi connectivity index (χ4n) is 4.42. The lowest BCUT2D eigenvalue weighted by atomic mass is 9.95. The van der Waals surface area contributed by atoms with Gasteiger partial charge in [0.15, 0.2) is 0 Å². The molecule has 1 aliphatic rings. The van der Waals surface area contributed by atoms with E-state index in [4.69, 9.17) is 0 Å². The number of sulfonamides is 1. The van der Waals surface area contributed by atoms with Crippen molar-refractivity contribution in [2.45, 2.75) is 62.2 Å². The van der Waals surface area contributed by atoms with E-state index in [1.165, 1.54) is 18.2 Å². The van der Waals surface area contributed by atoms with Crippen molar-refractivity contribution < 1.29 is 26.0 Å². The zero-order valence-electron chi connectivity index (χ0n) is 18.2. The maximum absolute atomic E-state index is 14.0. The summed E-state index contributed by atoms with van der Waals surface area (Å²) in [6.45, 7) is 0.709. The Kier molecular flexibility index (Phi) is 6.40. The molecule has 3 aromatic rings. The average molecular weight is 495 g/mol. The Morgan fingerprint density at radius 1 is 1.18 bits per heavy atom. The molecule has 1 saturated carbocycles. The average Bonchev–Trinajstić information content (AvgIpc) is 3.12. The normalized spacial score (nSPS) is 16.5. The van der Waals surface area contributed by atoms with Gasteiger partial charge in [0.25, 0.3) is 0 Å². The lowest BCUT2D eigenvalue weighted by Crippen LogP contribution is -2.42. The lowest BCUT2D eigenvalue weighted by Gasteiger charge is -2.26. The Morgan fingerprint density at radius 3 is 2.47 bits per heavy atom. The molecular formula is C23H22F4N4O2S. The smallest absolute Gasteiger partial charge is 0.335 e. The molecule has 2 heterocycles. The van der Waals surface area contributed by atoms with Gasteiger partial charge in [-0.3, -0.25) is 4.98 Å². The van der Waals surface area contributed by atoms with Crippen molar-refractivity contribution in [2.75, 3.05) is 0 Å². The molecule has 0 bridgehead atoms. The van der Waals surface area contributed by atoms with Gasteiger partial charge in [0, 0.05) is 17.6 Å². The molecular weight excluding hydrogens is 472 g/mol. The van der Waals surface area contributed by atoms with Gasteiger partial charge in [-0.2, -0.15) is 23.2 Å². The number of pyridine rings is 1. The number of halogens is 4. The van der Waals surface area contributed by atoms with E-state index in [0.29, 0.717) is 23.5 Å². The van der Waals surface area contributed by atoms with Crippen LogP contribution in [0.3, 0.4) is 0 Å². The number of nitrogens with one attached hydrogen (secondary N) is 1. The summed E-state index contributed by atoms with van der Waals surface area (Å²) in [4.78, 5) is 3.77.